The summed E-state index contributed by atoms with van der Waals surface area (Å²) in [6.45, 7) is -0.773. The molecule has 1 unspecified atom stereocenters. The number of aromatic nitrogens is 2. The Morgan fingerprint density at radius 1 is 1.12 bits per heavy atom. The molecule has 1 aliphatic heterocycles. The molecule has 1 aromatic heterocycles. The third-order valence-electron chi connectivity index (χ3n) is 4.88. The molecule has 0 spiro atoms. The van der Waals surface area contributed by atoms with E-state index >= 15 is 0 Å². The zero-order chi connectivity index (χ0) is 24.8. The lowest BCUT2D eigenvalue weighted by molar-refractivity contribution is -0.141. The van der Waals surface area contributed by atoms with Crippen molar-refractivity contribution in [3.8, 4) is 6.07 Å². The summed E-state index contributed by atoms with van der Waals surface area (Å²) in [5, 5.41) is 16.7. The number of carboxylic acids is 1. The van der Waals surface area contributed by atoms with Gasteiger partial charge in [-0.1, -0.05) is 12.1 Å². The molecule has 176 valence electrons. The van der Waals surface area contributed by atoms with Crippen LogP contribution in [0.2, 0.25) is 0 Å². The number of aliphatic carboxylic acids is 1. The lowest BCUT2D eigenvalue weighted by Gasteiger charge is -2.23. The molecule has 0 aliphatic carbocycles. The van der Waals surface area contributed by atoms with Gasteiger partial charge in [0.25, 0.3) is 0 Å². The third kappa shape index (κ3) is 4.70. The van der Waals surface area contributed by atoms with Gasteiger partial charge in [0.2, 0.25) is 5.82 Å². The number of carbonyl (C=O) groups is 1. The number of nitrogens with zero attached hydrogens (tertiary/aromatic N) is 4. The molecule has 0 bridgehead atoms. The fourth-order valence-electron chi connectivity index (χ4n) is 3.41. The van der Waals surface area contributed by atoms with Crippen LogP contribution in [-0.2, 0) is 27.0 Å². The van der Waals surface area contributed by atoms with Crippen molar-refractivity contribution in [2.45, 2.75) is 35.0 Å². The molecular weight excluding hydrogens is 482 g/mol. The Hall–Kier alpha value is -3.41. The summed E-state index contributed by atoms with van der Waals surface area (Å²) in [4.78, 5) is 17.9. The van der Waals surface area contributed by atoms with E-state index in [0.717, 1.165) is 18.2 Å². The molecule has 1 aliphatic rings. The minimum atomic E-state index is -5.03. The summed E-state index contributed by atoms with van der Waals surface area (Å²) in [6, 6.07) is 3.22. The number of rotatable bonds is 4. The number of anilines is 1. The van der Waals surface area contributed by atoms with Gasteiger partial charge in [0.1, 0.15) is 17.9 Å². The second-order valence-corrected chi connectivity index (χ2v) is 9.14. The average molecular weight is 494 g/mol. The number of nitriles is 1. The highest BCUT2D eigenvalue weighted by molar-refractivity contribution is 7.92. The minimum absolute atomic E-state index is 0.343. The molecule has 1 fully saturated rings. The number of hydrogen-bond acceptors (Lipinski definition) is 7. The topological polar surface area (TPSA) is 124 Å². The standard InChI is InChI=1S/C18H12F6N4O4S/c19-17(20,21)10-3-1-2-4-12(10)33(31,32)9-5-11(16(29)30)28(8-9)15-6-13(18(22,23)24)26-14(7-25)27-15/h1-4,6,9,11H,5,8H2,(H,29,30)/t9?,11-/m0/s1. The van der Waals surface area contributed by atoms with Gasteiger partial charge in [0, 0.05) is 12.6 Å². The number of benzene rings is 1. The van der Waals surface area contributed by atoms with Crippen LogP contribution in [0.3, 0.4) is 0 Å². The highest BCUT2D eigenvalue weighted by Crippen LogP contribution is 2.39. The van der Waals surface area contributed by atoms with Crippen LogP contribution in [0.1, 0.15) is 23.5 Å². The molecule has 0 radical (unpaired) electrons. The Kier molecular flexibility index (Phi) is 6.01. The summed E-state index contributed by atoms with van der Waals surface area (Å²) in [5.41, 5.74) is -3.02. The predicted molar refractivity (Wildman–Crippen MR) is 97.6 cm³/mol. The van der Waals surface area contributed by atoms with Gasteiger partial charge in [-0.3, -0.25) is 0 Å². The molecule has 8 nitrogen and oxygen atoms in total. The van der Waals surface area contributed by atoms with Gasteiger partial charge in [-0.2, -0.15) is 31.6 Å². The highest BCUT2D eigenvalue weighted by Gasteiger charge is 2.47. The molecule has 2 heterocycles. The Morgan fingerprint density at radius 3 is 2.30 bits per heavy atom. The molecule has 1 N–H and O–H groups in total. The summed E-state index contributed by atoms with van der Waals surface area (Å²) < 4.78 is 105. The van der Waals surface area contributed by atoms with Gasteiger partial charge in [-0.05, 0) is 18.6 Å². The maximum atomic E-state index is 13.3. The fourth-order valence-corrected chi connectivity index (χ4v) is 5.32. The lowest BCUT2D eigenvalue weighted by atomic mass is 10.2. The van der Waals surface area contributed by atoms with Crippen molar-refractivity contribution >= 4 is 21.6 Å². The van der Waals surface area contributed by atoms with Crippen molar-refractivity contribution in [1.82, 2.24) is 9.97 Å². The summed E-state index contributed by atoms with van der Waals surface area (Å²) in [7, 11) is -4.77. The van der Waals surface area contributed by atoms with Crippen molar-refractivity contribution in [3.63, 3.8) is 0 Å². The quantitative estimate of drug-likeness (QED) is 0.644. The first-order chi connectivity index (χ1) is 15.2. The zero-order valence-electron chi connectivity index (χ0n) is 16.1. The SMILES string of the molecule is N#Cc1nc(N2CC(S(=O)(=O)c3ccccc3C(F)(F)F)C[C@H]2C(=O)O)cc(C(F)(F)F)n1. The zero-order valence-corrected chi connectivity index (χ0v) is 16.9. The number of sulfone groups is 1. The Morgan fingerprint density at radius 2 is 1.76 bits per heavy atom. The van der Waals surface area contributed by atoms with Crippen LogP contribution in [0.4, 0.5) is 32.2 Å². The van der Waals surface area contributed by atoms with Gasteiger partial charge < -0.3 is 10.0 Å². The van der Waals surface area contributed by atoms with E-state index in [2.05, 4.69) is 9.97 Å². The molecule has 2 atom stereocenters. The van der Waals surface area contributed by atoms with Crippen LogP contribution in [-0.4, -0.2) is 47.3 Å². The van der Waals surface area contributed by atoms with Gasteiger partial charge >= 0.3 is 18.3 Å². The summed E-state index contributed by atoms with van der Waals surface area (Å²) in [6.07, 6.45) is -10.8. The number of hydrogen-bond donors (Lipinski definition) is 1. The van der Waals surface area contributed by atoms with Gasteiger partial charge in [0.15, 0.2) is 15.5 Å². The second-order valence-electron chi connectivity index (χ2n) is 6.95. The van der Waals surface area contributed by atoms with Crippen LogP contribution in [0.15, 0.2) is 35.2 Å². The van der Waals surface area contributed by atoms with Gasteiger partial charge in [-0.25, -0.2) is 23.2 Å². The first kappa shape index (κ1) is 24.2. The van der Waals surface area contributed by atoms with Crippen LogP contribution in [0, 0.1) is 11.3 Å². The van der Waals surface area contributed by atoms with Crippen molar-refractivity contribution in [3.05, 3.63) is 47.4 Å². The maximum Gasteiger partial charge on any atom is 0.433 e. The van der Waals surface area contributed by atoms with Crippen LogP contribution < -0.4 is 4.90 Å². The second kappa shape index (κ2) is 8.18. The molecule has 0 amide bonds. The molecule has 1 aromatic carbocycles. The van der Waals surface area contributed by atoms with E-state index in [1.54, 1.807) is 0 Å². The van der Waals surface area contributed by atoms with E-state index < -0.39 is 80.2 Å². The largest absolute Gasteiger partial charge is 0.480 e. The molecule has 3 rings (SSSR count). The Bertz CT molecular complexity index is 1240. The molecule has 2 aromatic rings. The minimum Gasteiger partial charge on any atom is -0.480 e. The summed E-state index contributed by atoms with van der Waals surface area (Å²) in [5.74, 6) is -3.27. The third-order valence-corrected chi connectivity index (χ3v) is 7.07. The van der Waals surface area contributed by atoms with E-state index in [1.165, 1.54) is 6.07 Å². The van der Waals surface area contributed by atoms with E-state index in [1.807, 2.05) is 0 Å². The van der Waals surface area contributed by atoms with E-state index in [0.29, 0.717) is 17.0 Å². The number of halogens is 6. The molecular formula is C18H12F6N4O4S. The molecule has 33 heavy (non-hydrogen) atoms. The predicted octanol–water partition coefficient (Wildman–Crippen LogP) is 2.89. The first-order valence-corrected chi connectivity index (χ1v) is 10.5. The van der Waals surface area contributed by atoms with Crippen molar-refractivity contribution < 1.29 is 44.7 Å². The van der Waals surface area contributed by atoms with Crippen molar-refractivity contribution in [2.75, 3.05) is 11.4 Å². The Labute approximate surface area is 182 Å². The number of carboxylic acid groups (broad SMARTS) is 1. The van der Waals surface area contributed by atoms with E-state index in [9.17, 15) is 44.7 Å². The van der Waals surface area contributed by atoms with E-state index in [-0.39, 0.29) is 0 Å². The van der Waals surface area contributed by atoms with Crippen LogP contribution in [0.5, 0.6) is 0 Å². The van der Waals surface area contributed by atoms with Crippen LogP contribution >= 0.6 is 0 Å². The monoisotopic (exact) mass is 494 g/mol. The average Bonchev–Trinajstić information content (AvgIpc) is 3.19. The van der Waals surface area contributed by atoms with Crippen LogP contribution in [0.25, 0.3) is 0 Å². The molecule has 15 heteroatoms. The number of alkyl halides is 6. The molecule has 0 saturated carbocycles. The van der Waals surface area contributed by atoms with Crippen molar-refractivity contribution in [2.24, 2.45) is 0 Å². The van der Waals surface area contributed by atoms with Gasteiger partial charge in [0.05, 0.1) is 15.7 Å². The smallest absolute Gasteiger partial charge is 0.433 e. The highest BCUT2D eigenvalue weighted by atomic mass is 32.2. The normalized spacial score (nSPS) is 19.4. The fraction of sp³-hybridized carbons (Fsp3) is 0.333. The van der Waals surface area contributed by atoms with Crippen molar-refractivity contribution in [1.29, 1.82) is 5.26 Å². The summed E-state index contributed by atoms with van der Waals surface area (Å²) >= 11 is 0. The maximum absolute atomic E-state index is 13.3. The van der Waals surface area contributed by atoms with Gasteiger partial charge in [-0.15, -0.1) is 0 Å². The molecule has 1 saturated heterocycles. The lowest BCUT2D eigenvalue weighted by Crippen LogP contribution is -2.37. The first-order valence-electron chi connectivity index (χ1n) is 8.92. The Balaban J connectivity index is 2.08. The van der Waals surface area contributed by atoms with E-state index in [4.69, 9.17) is 5.26 Å².